The van der Waals surface area contributed by atoms with Gasteiger partial charge < -0.3 is 9.88 Å². The van der Waals surface area contributed by atoms with Gasteiger partial charge in [0.1, 0.15) is 0 Å². The van der Waals surface area contributed by atoms with E-state index in [4.69, 9.17) is 0 Å². The van der Waals surface area contributed by atoms with E-state index in [-0.39, 0.29) is 16.9 Å². The molecule has 1 aromatic rings. The fourth-order valence-electron chi connectivity index (χ4n) is 3.55. The van der Waals surface area contributed by atoms with Crippen molar-refractivity contribution in [3.05, 3.63) is 23.0 Å². The minimum Gasteiger partial charge on any atom is -0.347 e. The molecule has 0 saturated heterocycles. The first-order valence-corrected chi connectivity index (χ1v) is 7.85. The predicted octanol–water partition coefficient (Wildman–Crippen LogP) is 4.63. The van der Waals surface area contributed by atoms with E-state index in [1.807, 2.05) is 13.0 Å². The predicted molar refractivity (Wildman–Crippen MR) is 89.9 cm³/mol. The molecule has 0 saturated carbocycles. The number of amides is 1. The Kier molecular flexibility index (Phi) is 4.97. The van der Waals surface area contributed by atoms with Crippen molar-refractivity contribution in [2.45, 2.75) is 80.3 Å². The molecule has 0 aliphatic heterocycles. The van der Waals surface area contributed by atoms with E-state index in [1.165, 1.54) is 0 Å². The van der Waals surface area contributed by atoms with Crippen LogP contribution < -0.4 is 5.32 Å². The Morgan fingerprint density at radius 3 is 2.10 bits per heavy atom. The monoisotopic (exact) mass is 292 g/mol. The molecule has 0 unspecified atom stereocenters. The van der Waals surface area contributed by atoms with Gasteiger partial charge in [0.2, 0.25) is 0 Å². The average Bonchev–Trinajstić information content (AvgIpc) is 2.49. The van der Waals surface area contributed by atoms with Crippen LogP contribution in [-0.2, 0) is 0 Å². The minimum atomic E-state index is -0.213. The highest BCUT2D eigenvalue weighted by Gasteiger charge is 2.28. The summed E-state index contributed by atoms with van der Waals surface area (Å²) >= 11 is 0. The van der Waals surface area contributed by atoms with E-state index in [1.54, 1.807) is 0 Å². The summed E-state index contributed by atoms with van der Waals surface area (Å²) in [5.74, 6) is 0.0317. The van der Waals surface area contributed by atoms with Crippen LogP contribution >= 0.6 is 0 Å². The van der Waals surface area contributed by atoms with Gasteiger partial charge in [-0.25, -0.2) is 0 Å². The highest BCUT2D eigenvalue weighted by atomic mass is 16.1. The molecule has 1 N–H and O–H groups in total. The maximum absolute atomic E-state index is 12.6. The first kappa shape index (κ1) is 17.8. The van der Waals surface area contributed by atoms with Gasteiger partial charge in [-0.05, 0) is 59.4 Å². The molecule has 21 heavy (non-hydrogen) atoms. The highest BCUT2D eigenvalue weighted by Crippen LogP contribution is 2.27. The topological polar surface area (TPSA) is 34.0 Å². The van der Waals surface area contributed by atoms with E-state index in [0.29, 0.717) is 6.04 Å². The Bertz CT molecular complexity index is 516. The Balaban J connectivity index is 2.98. The van der Waals surface area contributed by atoms with E-state index in [0.717, 1.165) is 23.4 Å². The van der Waals surface area contributed by atoms with Gasteiger partial charge in [-0.15, -0.1) is 0 Å². The van der Waals surface area contributed by atoms with Crippen LogP contribution in [0.15, 0.2) is 6.07 Å². The average molecular weight is 292 g/mol. The number of aromatic nitrogens is 1. The normalized spacial score (nSPS) is 12.9. The lowest BCUT2D eigenvalue weighted by molar-refractivity contribution is 0.0890. The van der Waals surface area contributed by atoms with Crippen LogP contribution in [-0.4, -0.2) is 16.0 Å². The van der Waals surface area contributed by atoms with Crippen molar-refractivity contribution < 1.29 is 4.79 Å². The number of carbonyl (C=O) groups excluding carboxylic acids is 1. The van der Waals surface area contributed by atoms with Crippen LogP contribution in [0.2, 0.25) is 0 Å². The molecule has 1 aromatic heterocycles. The first-order chi connectivity index (χ1) is 9.34. The number of hydrogen-bond acceptors (Lipinski definition) is 1. The van der Waals surface area contributed by atoms with Gasteiger partial charge in [0.15, 0.2) is 0 Å². The Morgan fingerprint density at radius 2 is 1.71 bits per heavy atom. The number of nitrogens with zero attached hydrogens (tertiary/aromatic N) is 1. The summed E-state index contributed by atoms with van der Waals surface area (Å²) < 4.78 is 2.21. The molecule has 1 heterocycles. The van der Waals surface area contributed by atoms with Gasteiger partial charge in [0.05, 0.1) is 5.56 Å². The fourth-order valence-corrected chi connectivity index (χ4v) is 3.55. The van der Waals surface area contributed by atoms with Crippen molar-refractivity contribution >= 4 is 5.91 Å². The molecule has 3 heteroatoms. The van der Waals surface area contributed by atoms with Crippen molar-refractivity contribution in [3.8, 4) is 0 Å². The zero-order chi connectivity index (χ0) is 16.6. The number of aryl methyl sites for hydroxylation is 1. The largest absolute Gasteiger partial charge is 0.347 e. The Morgan fingerprint density at radius 1 is 1.19 bits per heavy atom. The molecule has 0 aromatic carbocycles. The van der Waals surface area contributed by atoms with Crippen LogP contribution in [0.4, 0.5) is 0 Å². The van der Waals surface area contributed by atoms with Crippen molar-refractivity contribution in [2.24, 2.45) is 5.41 Å². The van der Waals surface area contributed by atoms with E-state index >= 15 is 0 Å². The second kappa shape index (κ2) is 5.86. The second-order valence-electron chi connectivity index (χ2n) is 8.32. The van der Waals surface area contributed by atoms with Gasteiger partial charge in [-0.2, -0.15) is 0 Å². The summed E-state index contributed by atoms with van der Waals surface area (Å²) in [6.45, 7) is 19.2. The molecule has 0 aliphatic carbocycles. The molecular formula is C18H32N2O. The maximum Gasteiger partial charge on any atom is 0.253 e. The summed E-state index contributed by atoms with van der Waals surface area (Å²) in [5.41, 5.74) is 2.96. The standard InChI is InChI=1S/C18H32N2O/c1-12(2)20-13(3)10-15(14(20)4)16(21)19-18(8,9)11-17(5,6)7/h10,12H,11H2,1-9H3,(H,19,21). The molecule has 0 atom stereocenters. The van der Waals surface area contributed by atoms with Crippen LogP contribution in [0.3, 0.4) is 0 Å². The van der Waals surface area contributed by atoms with Gasteiger partial charge >= 0.3 is 0 Å². The van der Waals surface area contributed by atoms with Crippen molar-refractivity contribution in [1.82, 2.24) is 9.88 Å². The Hall–Kier alpha value is -1.25. The number of carbonyl (C=O) groups is 1. The fraction of sp³-hybridized carbons (Fsp3) is 0.722. The Labute approximate surface area is 130 Å². The summed E-state index contributed by atoms with van der Waals surface area (Å²) in [6, 6.07) is 2.37. The third-order valence-electron chi connectivity index (χ3n) is 3.67. The summed E-state index contributed by atoms with van der Waals surface area (Å²) in [7, 11) is 0. The van der Waals surface area contributed by atoms with Crippen molar-refractivity contribution in [3.63, 3.8) is 0 Å². The zero-order valence-corrected chi connectivity index (χ0v) is 15.2. The van der Waals surface area contributed by atoms with Crippen LogP contribution in [0.25, 0.3) is 0 Å². The SMILES string of the molecule is Cc1cc(C(=O)NC(C)(C)CC(C)(C)C)c(C)n1C(C)C. The van der Waals surface area contributed by atoms with Crippen molar-refractivity contribution in [1.29, 1.82) is 0 Å². The van der Waals surface area contributed by atoms with E-state index in [2.05, 4.69) is 65.3 Å². The van der Waals surface area contributed by atoms with Crippen LogP contribution in [0.1, 0.15) is 82.7 Å². The smallest absolute Gasteiger partial charge is 0.253 e. The van der Waals surface area contributed by atoms with Gasteiger partial charge in [-0.1, -0.05) is 20.8 Å². The lowest BCUT2D eigenvalue weighted by Gasteiger charge is -2.33. The quantitative estimate of drug-likeness (QED) is 0.862. The van der Waals surface area contributed by atoms with E-state index < -0.39 is 0 Å². The molecule has 3 nitrogen and oxygen atoms in total. The molecule has 120 valence electrons. The van der Waals surface area contributed by atoms with Crippen LogP contribution in [0.5, 0.6) is 0 Å². The molecule has 0 fully saturated rings. The van der Waals surface area contributed by atoms with Gasteiger partial charge in [0.25, 0.3) is 5.91 Å². The lowest BCUT2D eigenvalue weighted by Crippen LogP contribution is -2.45. The lowest BCUT2D eigenvalue weighted by atomic mass is 9.81. The van der Waals surface area contributed by atoms with Gasteiger partial charge in [-0.3, -0.25) is 4.79 Å². The molecule has 1 rings (SSSR count). The molecule has 0 bridgehead atoms. The number of nitrogens with one attached hydrogen (secondary N) is 1. The van der Waals surface area contributed by atoms with E-state index in [9.17, 15) is 4.79 Å². The summed E-state index contributed by atoms with van der Waals surface area (Å²) in [4.78, 5) is 12.6. The number of rotatable bonds is 4. The molecule has 1 amide bonds. The molecule has 0 spiro atoms. The van der Waals surface area contributed by atoms with Crippen LogP contribution in [0, 0.1) is 19.3 Å². The second-order valence-corrected chi connectivity index (χ2v) is 8.32. The summed E-state index contributed by atoms with van der Waals surface area (Å²) in [6.07, 6.45) is 0.939. The molecule has 0 aliphatic rings. The highest BCUT2D eigenvalue weighted by molar-refractivity contribution is 5.96. The minimum absolute atomic E-state index is 0.0317. The first-order valence-electron chi connectivity index (χ1n) is 7.85. The summed E-state index contributed by atoms with van der Waals surface area (Å²) in [5, 5.41) is 3.20. The van der Waals surface area contributed by atoms with Crippen molar-refractivity contribution in [2.75, 3.05) is 0 Å². The zero-order valence-electron chi connectivity index (χ0n) is 15.2. The van der Waals surface area contributed by atoms with Gasteiger partial charge in [0, 0.05) is 23.0 Å². The number of hydrogen-bond donors (Lipinski definition) is 1. The third kappa shape index (κ3) is 4.62. The third-order valence-corrected chi connectivity index (χ3v) is 3.67. The molecular weight excluding hydrogens is 260 g/mol. The molecule has 0 radical (unpaired) electrons. The maximum atomic E-state index is 12.6.